The Bertz CT molecular complexity index is 219. The topological polar surface area (TPSA) is 37.4 Å². The van der Waals surface area contributed by atoms with E-state index in [1.807, 2.05) is 6.92 Å². The van der Waals surface area contributed by atoms with Crippen molar-refractivity contribution in [2.45, 2.75) is 46.0 Å². The molecule has 0 spiro atoms. The molecule has 0 atom stereocenters. The summed E-state index contributed by atoms with van der Waals surface area (Å²) in [6.07, 6.45) is 5.42. The van der Waals surface area contributed by atoms with Gasteiger partial charge < -0.3 is 0 Å². The molecule has 3 nitrogen and oxygen atoms in total. The number of carbonyl (C=O) groups is 2. The van der Waals surface area contributed by atoms with E-state index < -0.39 is 0 Å². The van der Waals surface area contributed by atoms with Gasteiger partial charge in [-0.1, -0.05) is 19.3 Å². The van der Waals surface area contributed by atoms with Gasteiger partial charge in [0.25, 0.3) is 0 Å². The molecule has 80 valence electrons. The molecular weight excluding hydrogens is 178 g/mol. The highest BCUT2D eigenvalue weighted by Gasteiger charge is 2.26. The highest BCUT2D eigenvalue weighted by atomic mass is 16.2. The summed E-state index contributed by atoms with van der Waals surface area (Å²) in [5.74, 6) is 0.0235. The Morgan fingerprint density at radius 3 is 2.21 bits per heavy atom. The standard InChI is InChI=1S/C11H19NO2/c1-3-12(9(2)13)11(14)10-7-5-4-6-8-10/h10H,3-8H2,1-2H3. The van der Waals surface area contributed by atoms with Crippen LogP contribution in [0.15, 0.2) is 0 Å². The first-order valence-electron chi connectivity index (χ1n) is 5.48. The van der Waals surface area contributed by atoms with Crippen LogP contribution in [0.1, 0.15) is 46.0 Å². The molecule has 0 aliphatic heterocycles. The molecule has 0 unspecified atom stereocenters. The molecule has 0 aromatic carbocycles. The predicted molar refractivity (Wildman–Crippen MR) is 54.6 cm³/mol. The van der Waals surface area contributed by atoms with Crippen LogP contribution in [-0.2, 0) is 9.59 Å². The lowest BCUT2D eigenvalue weighted by Gasteiger charge is -2.26. The van der Waals surface area contributed by atoms with Gasteiger partial charge in [-0.15, -0.1) is 0 Å². The smallest absolute Gasteiger partial charge is 0.232 e. The molecule has 0 saturated heterocycles. The molecule has 0 heterocycles. The zero-order valence-corrected chi connectivity index (χ0v) is 9.08. The van der Waals surface area contributed by atoms with Crippen molar-refractivity contribution in [2.24, 2.45) is 5.92 Å². The lowest BCUT2D eigenvalue weighted by atomic mass is 9.88. The molecule has 1 aliphatic rings. The Balaban J connectivity index is 2.56. The third-order valence-electron chi connectivity index (χ3n) is 2.92. The summed E-state index contributed by atoms with van der Waals surface area (Å²) in [5, 5.41) is 0. The van der Waals surface area contributed by atoms with Crippen LogP contribution in [0.25, 0.3) is 0 Å². The Hall–Kier alpha value is -0.860. The van der Waals surface area contributed by atoms with Crippen molar-refractivity contribution in [3.05, 3.63) is 0 Å². The Labute approximate surface area is 85.5 Å². The lowest BCUT2D eigenvalue weighted by Crippen LogP contribution is -2.39. The van der Waals surface area contributed by atoms with E-state index in [2.05, 4.69) is 0 Å². The highest BCUT2D eigenvalue weighted by molar-refractivity contribution is 5.95. The molecule has 0 aromatic heterocycles. The van der Waals surface area contributed by atoms with Gasteiger partial charge in [0.15, 0.2) is 0 Å². The highest BCUT2D eigenvalue weighted by Crippen LogP contribution is 2.25. The van der Waals surface area contributed by atoms with Gasteiger partial charge in [0.2, 0.25) is 11.8 Å². The van der Waals surface area contributed by atoms with E-state index in [9.17, 15) is 9.59 Å². The number of nitrogens with zero attached hydrogens (tertiary/aromatic N) is 1. The Morgan fingerprint density at radius 1 is 1.21 bits per heavy atom. The maximum atomic E-state index is 11.9. The van der Waals surface area contributed by atoms with Gasteiger partial charge in [0.1, 0.15) is 0 Å². The van der Waals surface area contributed by atoms with Crippen molar-refractivity contribution in [1.29, 1.82) is 0 Å². The van der Waals surface area contributed by atoms with Crippen LogP contribution >= 0.6 is 0 Å². The number of imide groups is 1. The van der Waals surface area contributed by atoms with Crippen molar-refractivity contribution < 1.29 is 9.59 Å². The maximum absolute atomic E-state index is 11.9. The van der Waals surface area contributed by atoms with Crippen LogP contribution in [0.5, 0.6) is 0 Å². The summed E-state index contributed by atoms with van der Waals surface area (Å²) < 4.78 is 0. The van der Waals surface area contributed by atoms with Crippen LogP contribution in [0, 0.1) is 5.92 Å². The zero-order valence-electron chi connectivity index (χ0n) is 9.08. The molecular formula is C11H19NO2. The number of carbonyl (C=O) groups excluding carboxylic acids is 2. The molecule has 2 amide bonds. The molecule has 3 heteroatoms. The van der Waals surface area contributed by atoms with Gasteiger partial charge in [-0.2, -0.15) is 0 Å². The number of rotatable bonds is 2. The van der Waals surface area contributed by atoms with Gasteiger partial charge in [0.05, 0.1) is 0 Å². The summed E-state index contributed by atoms with van der Waals surface area (Å²) in [7, 11) is 0. The summed E-state index contributed by atoms with van der Waals surface area (Å²) >= 11 is 0. The maximum Gasteiger partial charge on any atom is 0.232 e. The summed E-state index contributed by atoms with van der Waals surface area (Å²) in [4.78, 5) is 24.4. The van der Waals surface area contributed by atoms with Crippen LogP contribution in [0.3, 0.4) is 0 Å². The van der Waals surface area contributed by atoms with Gasteiger partial charge in [-0.3, -0.25) is 14.5 Å². The second-order valence-electron chi connectivity index (χ2n) is 3.94. The fourth-order valence-electron chi connectivity index (χ4n) is 2.10. The number of hydrogen-bond acceptors (Lipinski definition) is 2. The summed E-state index contributed by atoms with van der Waals surface area (Å²) in [6, 6.07) is 0. The minimum atomic E-state index is -0.122. The van der Waals surface area contributed by atoms with Crippen molar-refractivity contribution >= 4 is 11.8 Å². The van der Waals surface area contributed by atoms with E-state index in [4.69, 9.17) is 0 Å². The summed E-state index contributed by atoms with van der Waals surface area (Å²) in [5.41, 5.74) is 0. The van der Waals surface area contributed by atoms with E-state index in [0.717, 1.165) is 25.7 Å². The molecule has 14 heavy (non-hydrogen) atoms. The normalized spacial score (nSPS) is 17.9. The molecule has 1 aliphatic carbocycles. The first kappa shape index (κ1) is 11.2. The molecule has 1 saturated carbocycles. The fourth-order valence-corrected chi connectivity index (χ4v) is 2.10. The number of hydrogen-bond donors (Lipinski definition) is 0. The zero-order chi connectivity index (χ0) is 10.6. The largest absolute Gasteiger partial charge is 0.283 e. The molecule has 0 N–H and O–H groups in total. The van der Waals surface area contributed by atoms with Gasteiger partial charge in [-0.05, 0) is 19.8 Å². The number of amides is 2. The monoisotopic (exact) mass is 197 g/mol. The van der Waals surface area contributed by atoms with Crippen LogP contribution < -0.4 is 0 Å². The first-order chi connectivity index (χ1) is 6.66. The van der Waals surface area contributed by atoms with Crippen molar-refractivity contribution in [1.82, 2.24) is 4.90 Å². The quantitative estimate of drug-likeness (QED) is 0.678. The van der Waals surface area contributed by atoms with E-state index in [0.29, 0.717) is 6.54 Å². The SMILES string of the molecule is CCN(C(C)=O)C(=O)C1CCCCC1. The third kappa shape index (κ3) is 2.56. The lowest BCUT2D eigenvalue weighted by molar-refractivity contribution is -0.146. The van der Waals surface area contributed by atoms with Crippen LogP contribution in [0.2, 0.25) is 0 Å². The van der Waals surface area contributed by atoms with Crippen molar-refractivity contribution in [2.75, 3.05) is 6.54 Å². The average molecular weight is 197 g/mol. The Kier molecular flexibility index (Phi) is 4.11. The predicted octanol–water partition coefficient (Wildman–Crippen LogP) is 1.96. The van der Waals surface area contributed by atoms with E-state index in [1.165, 1.54) is 18.2 Å². The van der Waals surface area contributed by atoms with Crippen molar-refractivity contribution in [3.63, 3.8) is 0 Å². The van der Waals surface area contributed by atoms with E-state index in [-0.39, 0.29) is 17.7 Å². The minimum Gasteiger partial charge on any atom is -0.283 e. The summed E-state index contributed by atoms with van der Waals surface area (Å²) in [6.45, 7) is 3.82. The van der Waals surface area contributed by atoms with E-state index in [1.54, 1.807) is 0 Å². The Morgan fingerprint density at radius 2 is 1.79 bits per heavy atom. The minimum absolute atomic E-state index is 0.0414. The van der Waals surface area contributed by atoms with Crippen LogP contribution in [0.4, 0.5) is 0 Å². The molecule has 0 aromatic rings. The first-order valence-corrected chi connectivity index (χ1v) is 5.48. The molecule has 1 fully saturated rings. The van der Waals surface area contributed by atoms with Gasteiger partial charge in [-0.25, -0.2) is 0 Å². The molecule has 0 radical (unpaired) electrons. The fraction of sp³-hybridized carbons (Fsp3) is 0.818. The second kappa shape index (κ2) is 5.13. The van der Waals surface area contributed by atoms with Crippen LogP contribution in [-0.4, -0.2) is 23.3 Å². The second-order valence-corrected chi connectivity index (χ2v) is 3.94. The van der Waals surface area contributed by atoms with E-state index >= 15 is 0 Å². The van der Waals surface area contributed by atoms with Gasteiger partial charge in [0, 0.05) is 19.4 Å². The molecule has 1 rings (SSSR count). The van der Waals surface area contributed by atoms with Crippen molar-refractivity contribution in [3.8, 4) is 0 Å². The average Bonchev–Trinajstić information content (AvgIpc) is 2.19. The van der Waals surface area contributed by atoms with Gasteiger partial charge >= 0.3 is 0 Å². The molecule has 0 bridgehead atoms. The third-order valence-corrected chi connectivity index (χ3v) is 2.92.